The van der Waals surface area contributed by atoms with Gasteiger partial charge in [-0.2, -0.15) is 0 Å². The second-order valence-electron chi connectivity index (χ2n) is 7.54. The molecule has 0 bridgehead atoms. The first-order valence-corrected chi connectivity index (χ1v) is 9.17. The Balaban J connectivity index is 1.57. The summed E-state index contributed by atoms with van der Waals surface area (Å²) in [5, 5.41) is 0. The van der Waals surface area contributed by atoms with Gasteiger partial charge in [-0.15, -0.1) is 0 Å². The number of amides is 1. The largest absolute Gasteiger partial charge is 0.483 e. The van der Waals surface area contributed by atoms with E-state index in [1.54, 1.807) is 11.1 Å². The van der Waals surface area contributed by atoms with Crippen LogP contribution in [-0.4, -0.2) is 40.8 Å². The number of benzene rings is 1. The number of pyridine rings is 1. The van der Waals surface area contributed by atoms with Crippen LogP contribution in [0.5, 0.6) is 11.6 Å². The Morgan fingerprint density at radius 2 is 1.96 bits per heavy atom. The first kappa shape index (κ1) is 19.0. The highest BCUT2D eigenvalue weighted by Crippen LogP contribution is 2.28. The van der Waals surface area contributed by atoms with Crippen LogP contribution in [0.3, 0.4) is 0 Å². The highest BCUT2D eigenvalue weighted by molar-refractivity contribution is 5.68. The maximum absolute atomic E-state index is 12.2. The van der Waals surface area contributed by atoms with Crippen LogP contribution in [-0.2, 0) is 11.3 Å². The summed E-state index contributed by atoms with van der Waals surface area (Å²) in [5.74, 6) is 1.04. The van der Waals surface area contributed by atoms with Crippen LogP contribution in [0.4, 0.5) is 4.79 Å². The molecular weight excluding hydrogens is 344 g/mol. The minimum atomic E-state index is -0.505. The van der Waals surface area contributed by atoms with Crippen molar-refractivity contribution in [3.8, 4) is 11.6 Å². The summed E-state index contributed by atoms with van der Waals surface area (Å²) in [7, 11) is 0. The molecule has 1 aliphatic rings. The van der Waals surface area contributed by atoms with Gasteiger partial charge in [0.05, 0.1) is 6.54 Å². The van der Waals surface area contributed by atoms with E-state index >= 15 is 0 Å². The number of aromatic nitrogens is 1. The molecule has 6 heteroatoms. The molecule has 2 heterocycles. The Labute approximate surface area is 160 Å². The Morgan fingerprint density at radius 3 is 2.70 bits per heavy atom. The summed E-state index contributed by atoms with van der Waals surface area (Å²) in [4.78, 5) is 18.2. The summed E-state index contributed by atoms with van der Waals surface area (Å²) >= 11 is 0. The molecule has 2 aromatic rings. The third kappa shape index (κ3) is 5.61. The van der Waals surface area contributed by atoms with E-state index in [4.69, 9.17) is 14.2 Å². The summed E-state index contributed by atoms with van der Waals surface area (Å²) in [6, 6.07) is 13.6. The van der Waals surface area contributed by atoms with Crippen LogP contribution in [0.2, 0.25) is 0 Å². The third-order valence-corrected chi connectivity index (χ3v) is 4.05. The standard InChI is InChI=1S/C21H26N2O4/c1-21(2,3)27-20(24)23-13-11-17(14-23)26-19-18(10-7-12-22-19)25-15-16-8-5-4-6-9-16/h4-10,12,17H,11,13-15H2,1-3H3. The normalized spacial score (nSPS) is 16.9. The average molecular weight is 370 g/mol. The average Bonchev–Trinajstić information content (AvgIpc) is 3.09. The van der Waals surface area contributed by atoms with Gasteiger partial charge in [0.2, 0.25) is 0 Å². The van der Waals surface area contributed by atoms with Gasteiger partial charge in [0.1, 0.15) is 18.3 Å². The Bertz CT molecular complexity index is 758. The van der Waals surface area contributed by atoms with Crippen LogP contribution >= 0.6 is 0 Å². The quantitative estimate of drug-likeness (QED) is 0.795. The van der Waals surface area contributed by atoms with Crippen molar-refractivity contribution < 1.29 is 19.0 Å². The fraction of sp³-hybridized carbons (Fsp3) is 0.429. The van der Waals surface area contributed by atoms with Crippen molar-refractivity contribution in [3.05, 3.63) is 54.2 Å². The second kappa shape index (κ2) is 8.29. The third-order valence-electron chi connectivity index (χ3n) is 4.05. The predicted molar refractivity (Wildman–Crippen MR) is 102 cm³/mol. The number of carbonyl (C=O) groups excluding carboxylic acids is 1. The Hall–Kier alpha value is -2.76. The van der Waals surface area contributed by atoms with E-state index in [2.05, 4.69) is 4.98 Å². The SMILES string of the molecule is CC(C)(C)OC(=O)N1CCC(Oc2ncccc2OCc2ccccc2)C1. The molecule has 1 aromatic heterocycles. The van der Waals surface area contributed by atoms with E-state index in [1.165, 1.54) is 0 Å². The van der Waals surface area contributed by atoms with E-state index in [-0.39, 0.29) is 12.2 Å². The number of nitrogens with zero attached hydrogens (tertiary/aromatic N) is 2. The van der Waals surface area contributed by atoms with Crippen LogP contribution in [0.25, 0.3) is 0 Å². The van der Waals surface area contributed by atoms with Gasteiger partial charge in [0, 0.05) is 19.2 Å². The number of rotatable bonds is 5. The fourth-order valence-electron chi connectivity index (χ4n) is 2.78. The van der Waals surface area contributed by atoms with Crippen molar-refractivity contribution in [1.82, 2.24) is 9.88 Å². The lowest BCUT2D eigenvalue weighted by Crippen LogP contribution is -2.36. The van der Waals surface area contributed by atoms with Crippen molar-refractivity contribution in [2.45, 2.75) is 45.5 Å². The summed E-state index contributed by atoms with van der Waals surface area (Å²) in [5.41, 5.74) is 0.569. The topological polar surface area (TPSA) is 60.9 Å². The minimum absolute atomic E-state index is 0.133. The van der Waals surface area contributed by atoms with Gasteiger partial charge < -0.3 is 19.1 Å². The number of carbonyl (C=O) groups is 1. The van der Waals surface area contributed by atoms with E-state index in [1.807, 2.05) is 63.2 Å². The summed E-state index contributed by atoms with van der Waals surface area (Å²) in [6.07, 6.45) is 1.96. The summed E-state index contributed by atoms with van der Waals surface area (Å²) < 4.78 is 17.3. The van der Waals surface area contributed by atoms with Gasteiger partial charge in [-0.25, -0.2) is 9.78 Å². The molecule has 3 rings (SSSR count). The fourth-order valence-corrected chi connectivity index (χ4v) is 2.78. The molecule has 0 N–H and O–H groups in total. The van der Waals surface area contributed by atoms with Gasteiger partial charge in [-0.05, 0) is 38.5 Å². The van der Waals surface area contributed by atoms with Crippen molar-refractivity contribution in [3.63, 3.8) is 0 Å². The number of ether oxygens (including phenoxy) is 3. The van der Waals surface area contributed by atoms with Crippen molar-refractivity contribution >= 4 is 6.09 Å². The van der Waals surface area contributed by atoms with Crippen LogP contribution < -0.4 is 9.47 Å². The van der Waals surface area contributed by atoms with Crippen LogP contribution in [0.15, 0.2) is 48.7 Å². The van der Waals surface area contributed by atoms with E-state index in [0.717, 1.165) is 12.0 Å². The molecule has 1 atom stereocenters. The van der Waals surface area contributed by atoms with Crippen LogP contribution in [0.1, 0.15) is 32.8 Å². The van der Waals surface area contributed by atoms with Crippen molar-refractivity contribution in [1.29, 1.82) is 0 Å². The zero-order chi connectivity index (χ0) is 19.3. The van der Waals surface area contributed by atoms with Gasteiger partial charge >= 0.3 is 6.09 Å². The van der Waals surface area contributed by atoms with E-state index in [0.29, 0.717) is 31.3 Å². The van der Waals surface area contributed by atoms with Crippen LogP contribution in [0, 0.1) is 0 Å². The molecule has 27 heavy (non-hydrogen) atoms. The lowest BCUT2D eigenvalue weighted by molar-refractivity contribution is 0.0274. The first-order chi connectivity index (χ1) is 12.9. The van der Waals surface area contributed by atoms with E-state index < -0.39 is 5.60 Å². The molecule has 6 nitrogen and oxygen atoms in total. The zero-order valence-electron chi connectivity index (χ0n) is 16.1. The zero-order valence-corrected chi connectivity index (χ0v) is 16.1. The molecule has 1 aliphatic heterocycles. The number of likely N-dealkylation sites (tertiary alicyclic amines) is 1. The number of hydrogen-bond donors (Lipinski definition) is 0. The molecule has 144 valence electrons. The molecule has 1 unspecified atom stereocenters. The van der Waals surface area contributed by atoms with Gasteiger partial charge in [-0.3, -0.25) is 0 Å². The van der Waals surface area contributed by atoms with Crippen molar-refractivity contribution in [2.24, 2.45) is 0 Å². The maximum Gasteiger partial charge on any atom is 0.410 e. The lowest BCUT2D eigenvalue weighted by atomic mass is 10.2. The molecule has 1 amide bonds. The maximum atomic E-state index is 12.2. The molecule has 0 aliphatic carbocycles. The highest BCUT2D eigenvalue weighted by Gasteiger charge is 2.31. The monoisotopic (exact) mass is 370 g/mol. The van der Waals surface area contributed by atoms with E-state index in [9.17, 15) is 4.79 Å². The Morgan fingerprint density at radius 1 is 1.19 bits per heavy atom. The molecule has 1 fully saturated rings. The minimum Gasteiger partial charge on any atom is -0.483 e. The summed E-state index contributed by atoms with van der Waals surface area (Å²) in [6.45, 7) is 7.10. The predicted octanol–water partition coefficient (Wildman–Crippen LogP) is 4.05. The number of hydrogen-bond acceptors (Lipinski definition) is 5. The van der Waals surface area contributed by atoms with Gasteiger partial charge in [-0.1, -0.05) is 30.3 Å². The molecule has 1 saturated heterocycles. The highest BCUT2D eigenvalue weighted by atomic mass is 16.6. The van der Waals surface area contributed by atoms with Gasteiger partial charge in [0.15, 0.2) is 5.75 Å². The molecule has 0 radical (unpaired) electrons. The van der Waals surface area contributed by atoms with Crippen molar-refractivity contribution in [2.75, 3.05) is 13.1 Å². The first-order valence-electron chi connectivity index (χ1n) is 9.17. The molecular formula is C21H26N2O4. The lowest BCUT2D eigenvalue weighted by Gasteiger charge is -2.24. The Kier molecular flexibility index (Phi) is 5.84. The smallest absolute Gasteiger partial charge is 0.410 e. The molecule has 1 aromatic carbocycles. The van der Waals surface area contributed by atoms with Gasteiger partial charge in [0.25, 0.3) is 5.88 Å². The second-order valence-corrected chi connectivity index (χ2v) is 7.54. The molecule has 0 saturated carbocycles. The molecule has 0 spiro atoms.